The van der Waals surface area contributed by atoms with E-state index in [1.165, 1.54) is 0 Å². The number of nitrogens with one attached hydrogen (secondary N) is 1. The van der Waals surface area contributed by atoms with Crippen molar-refractivity contribution in [2.24, 2.45) is 0 Å². The van der Waals surface area contributed by atoms with Gasteiger partial charge in [0, 0.05) is 57.5 Å². The van der Waals surface area contributed by atoms with E-state index in [1.807, 2.05) is 18.7 Å². The molecule has 0 spiro atoms. The Kier molecular flexibility index (Phi) is 8.97. The number of piperazine rings is 1. The van der Waals surface area contributed by atoms with Crippen molar-refractivity contribution >= 4 is 17.9 Å². The summed E-state index contributed by atoms with van der Waals surface area (Å²) >= 11 is 0. The summed E-state index contributed by atoms with van der Waals surface area (Å²) in [5.74, 6) is 0.754. The lowest BCUT2D eigenvalue weighted by atomic mass is 9.93. The fourth-order valence-electron chi connectivity index (χ4n) is 4.49. The smallest absolute Gasteiger partial charge is 0.338 e. The highest BCUT2D eigenvalue weighted by Crippen LogP contribution is 2.35. The van der Waals surface area contributed by atoms with E-state index in [2.05, 4.69) is 10.2 Å². The molecule has 1 N–H and O–H groups in total. The van der Waals surface area contributed by atoms with Crippen LogP contribution >= 0.6 is 0 Å². The van der Waals surface area contributed by atoms with Crippen LogP contribution in [0, 0.1) is 0 Å². The molecule has 0 aliphatic carbocycles. The van der Waals surface area contributed by atoms with Crippen molar-refractivity contribution in [3.8, 4) is 11.5 Å². The topological polar surface area (TPSA) is 101 Å². The van der Waals surface area contributed by atoms with Gasteiger partial charge in [-0.05, 0) is 31.5 Å². The van der Waals surface area contributed by atoms with Crippen LogP contribution in [-0.2, 0) is 14.3 Å². The molecule has 2 aliphatic rings. The summed E-state index contributed by atoms with van der Waals surface area (Å²) < 4.78 is 16.3. The molecule has 1 fully saturated rings. The van der Waals surface area contributed by atoms with Crippen LogP contribution in [0.4, 0.5) is 4.79 Å². The zero-order valence-corrected chi connectivity index (χ0v) is 21.3. The second-order valence-corrected chi connectivity index (χ2v) is 8.36. The fraction of sp³-hybridized carbons (Fsp3) is 0.560. The average Bonchev–Trinajstić information content (AvgIpc) is 2.88. The van der Waals surface area contributed by atoms with Crippen molar-refractivity contribution in [1.82, 2.24) is 20.0 Å². The molecular weight excluding hydrogens is 452 g/mol. The van der Waals surface area contributed by atoms with Gasteiger partial charge in [-0.2, -0.15) is 0 Å². The van der Waals surface area contributed by atoms with Gasteiger partial charge in [-0.3, -0.25) is 14.6 Å². The van der Waals surface area contributed by atoms with E-state index in [0.29, 0.717) is 74.0 Å². The Morgan fingerprint density at radius 3 is 2.14 bits per heavy atom. The second kappa shape index (κ2) is 11.9. The lowest BCUT2D eigenvalue weighted by Crippen LogP contribution is -2.53. The van der Waals surface area contributed by atoms with Gasteiger partial charge in [0.05, 0.1) is 32.4 Å². The molecule has 1 atom stereocenters. The summed E-state index contributed by atoms with van der Waals surface area (Å²) in [4.78, 5) is 44.2. The summed E-state index contributed by atoms with van der Waals surface area (Å²) in [7, 11) is 3.10. The molecule has 1 aromatic rings. The minimum Gasteiger partial charge on any atom is -0.497 e. The molecule has 10 nitrogen and oxygen atoms in total. The van der Waals surface area contributed by atoms with Gasteiger partial charge in [-0.15, -0.1) is 0 Å². The van der Waals surface area contributed by atoms with Crippen LogP contribution < -0.4 is 14.8 Å². The van der Waals surface area contributed by atoms with E-state index in [1.54, 1.807) is 44.2 Å². The molecule has 0 radical (unpaired) electrons. The number of carbonyl (C=O) groups excluding carboxylic acids is 3. The number of carbonyl (C=O) groups is 3. The first-order chi connectivity index (χ1) is 16.9. The molecule has 2 aliphatic heterocycles. The first kappa shape index (κ1) is 26.3. The molecule has 1 unspecified atom stereocenters. The van der Waals surface area contributed by atoms with Gasteiger partial charge in [0.25, 0.3) is 0 Å². The Bertz CT molecular complexity index is 948. The maximum Gasteiger partial charge on any atom is 0.338 e. The van der Waals surface area contributed by atoms with Crippen LogP contribution in [0.15, 0.2) is 29.5 Å². The molecule has 192 valence electrons. The Morgan fingerprint density at radius 1 is 1.00 bits per heavy atom. The normalized spacial score (nSPS) is 18.9. The van der Waals surface area contributed by atoms with E-state index in [4.69, 9.17) is 14.2 Å². The number of ether oxygens (including phenoxy) is 3. The van der Waals surface area contributed by atoms with Crippen LogP contribution in [0.2, 0.25) is 0 Å². The number of benzene rings is 1. The van der Waals surface area contributed by atoms with Crippen LogP contribution in [-0.4, -0.2) is 92.7 Å². The molecule has 3 amide bonds. The number of hydrogen-bond donors (Lipinski definition) is 1. The Hall–Kier alpha value is -3.27. The summed E-state index contributed by atoms with van der Waals surface area (Å²) in [6, 6.07) is 4.27. The van der Waals surface area contributed by atoms with Crippen molar-refractivity contribution in [1.29, 1.82) is 0 Å². The number of urea groups is 1. The molecule has 2 heterocycles. The molecule has 35 heavy (non-hydrogen) atoms. The van der Waals surface area contributed by atoms with Gasteiger partial charge in [-0.1, -0.05) is 6.92 Å². The monoisotopic (exact) mass is 488 g/mol. The van der Waals surface area contributed by atoms with E-state index in [9.17, 15) is 14.4 Å². The number of likely N-dealkylation sites (N-methyl/N-ethyl adjacent to an activating group) is 1. The lowest BCUT2D eigenvalue weighted by molar-refractivity contribution is -0.139. The van der Waals surface area contributed by atoms with Gasteiger partial charge >= 0.3 is 12.0 Å². The van der Waals surface area contributed by atoms with Crippen LogP contribution in [0.1, 0.15) is 38.8 Å². The summed E-state index contributed by atoms with van der Waals surface area (Å²) in [5.41, 5.74) is 1.65. The lowest BCUT2D eigenvalue weighted by Gasteiger charge is -2.40. The number of esters is 1. The maximum atomic E-state index is 13.3. The standard InChI is InChI=1S/C25H36N4O6/c1-6-21(30)28-11-9-27(10-12-28)16-20-22(24(31)35-8-3)23(26-25(32)29(20)7-2)17-13-18(33-4)15-19(14-17)34-5/h13-15,23H,6-12,16H2,1-5H3,(H,26,32). The van der Waals surface area contributed by atoms with Gasteiger partial charge in [0.15, 0.2) is 0 Å². The molecule has 0 aromatic heterocycles. The Labute approximate surface area is 206 Å². The second-order valence-electron chi connectivity index (χ2n) is 8.36. The van der Waals surface area contributed by atoms with E-state index >= 15 is 0 Å². The van der Waals surface area contributed by atoms with Crippen molar-refractivity contribution in [2.45, 2.75) is 33.2 Å². The van der Waals surface area contributed by atoms with E-state index in [-0.39, 0.29) is 18.5 Å². The highest BCUT2D eigenvalue weighted by molar-refractivity contribution is 5.95. The molecule has 0 saturated carbocycles. The van der Waals surface area contributed by atoms with Crippen molar-refractivity contribution in [3.05, 3.63) is 35.0 Å². The third-order valence-corrected chi connectivity index (χ3v) is 6.36. The molecule has 1 saturated heterocycles. The van der Waals surface area contributed by atoms with E-state index < -0.39 is 12.0 Å². The van der Waals surface area contributed by atoms with Gasteiger partial charge in [0.2, 0.25) is 5.91 Å². The zero-order chi connectivity index (χ0) is 25.5. The number of amides is 3. The average molecular weight is 489 g/mol. The molecule has 10 heteroatoms. The third kappa shape index (κ3) is 5.87. The maximum absolute atomic E-state index is 13.3. The summed E-state index contributed by atoms with van der Waals surface area (Å²) in [6.45, 7) is 9.02. The summed E-state index contributed by atoms with van der Waals surface area (Å²) in [6.07, 6.45) is 0.480. The van der Waals surface area contributed by atoms with Crippen LogP contribution in [0.3, 0.4) is 0 Å². The van der Waals surface area contributed by atoms with Crippen molar-refractivity contribution in [3.63, 3.8) is 0 Å². The number of nitrogens with zero attached hydrogens (tertiary/aromatic N) is 3. The van der Waals surface area contributed by atoms with Crippen molar-refractivity contribution in [2.75, 3.05) is 60.1 Å². The number of rotatable bonds is 9. The quantitative estimate of drug-likeness (QED) is 0.532. The minimum absolute atomic E-state index is 0.135. The number of methoxy groups -OCH3 is 2. The number of hydrogen-bond acceptors (Lipinski definition) is 7. The third-order valence-electron chi connectivity index (χ3n) is 6.36. The van der Waals surface area contributed by atoms with Gasteiger partial charge < -0.3 is 24.4 Å². The molecule has 0 bridgehead atoms. The fourth-order valence-corrected chi connectivity index (χ4v) is 4.49. The first-order valence-electron chi connectivity index (χ1n) is 12.1. The van der Waals surface area contributed by atoms with Gasteiger partial charge in [-0.25, -0.2) is 9.59 Å². The Morgan fingerprint density at radius 2 is 1.63 bits per heavy atom. The molecule has 1 aromatic carbocycles. The molecular formula is C25H36N4O6. The van der Waals surface area contributed by atoms with Crippen LogP contribution in [0.5, 0.6) is 11.5 Å². The van der Waals surface area contributed by atoms with Crippen molar-refractivity contribution < 1.29 is 28.6 Å². The van der Waals surface area contributed by atoms with Crippen LogP contribution in [0.25, 0.3) is 0 Å². The summed E-state index contributed by atoms with van der Waals surface area (Å²) in [5, 5.41) is 2.97. The van der Waals surface area contributed by atoms with E-state index in [0.717, 1.165) is 0 Å². The highest BCUT2D eigenvalue weighted by Gasteiger charge is 2.39. The predicted molar refractivity (Wildman–Crippen MR) is 130 cm³/mol. The first-order valence-corrected chi connectivity index (χ1v) is 12.1. The highest BCUT2D eigenvalue weighted by atomic mass is 16.5. The predicted octanol–water partition coefficient (Wildman–Crippen LogP) is 2.16. The molecule has 3 rings (SSSR count). The minimum atomic E-state index is -0.730. The Balaban J connectivity index is 2.03. The zero-order valence-electron chi connectivity index (χ0n) is 21.3. The SMILES string of the molecule is CCOC(=O)C1=C(CN2CCN(C(=O)CC)CC2)N(CC)C(=O)NC1c1cc(OC)cc(OC)c1. The van der Waals surface area contributed by atoms with Gasteiger partial charge in [0.1, 0.15) is 11.5 Å². The largest absolute Gasteiger partial charge is 0.497 e.